The third-order valence-electron chi connectivity index (χ3n) is 3.42. The number of benzene rings is 1. The average molecular weight is 289 g/mol. The zero-order chi connectivity index (χ0) is 15.0. The van der Waals surface area contributed by atoms with Gasteiger partial charge >= 0.3 is 0 Å². The molecular weight excluding hydrogens is 274 g/mol. The molecule has 1 unspecified atom stereocenters. The van der Waals surface area contributed by atoms with Gasteiger partial charge in [0.1, 0.15) is 6.04 Å². The second kappa shape index (κ2) is 5.08. The summed E-state index contributed by atoms with van der Waals surface area (Å²) in [5.41, 5.74) is 1.92. The Morgan fingerprint density at radius 1 is 1.33 bits per heavy atom. The maximum Gasteiger partial charge on any atom is 0.262 e. The molecule has 0 bridgehead atoms. The van der Waals surface area contributed by atoms with Crippen LogP contribution in [-0.4, -0.2) is 30.4 Å². The van der Waals surface area contributed by atoms with Crippen LogP contribution in [0, 0.1) is 6.92 Å². The first-order chi connectivity index (χ1) is 10.0. The molecule has 7 nitrogen and oxygen atoms in total. The van der Waals surface area contributed by atoms with Gasteiger partial charge in [0.15, 0.2) is 12.4 Å². The monoisotopic (exact) mass is 289 g/mol. The van der Waals surface area contributed by atoms with Crippen molar-refractivity contribution >= 4 is 29.1 Å². The number of ether oxygens (including phenoxy) is 1. The predicted molar refractivity (Wildman–Crippen MR) is 75.1 cm³/mol. The van der Waals surface area contributed by atoms with E-state index in [-0.39, 0.29) is 24.3 Å². The van der Waals surface area contributed by atoms with E-state index in [0.717, 1.165) is 5.56 Å². The summed E-state index contributed by atoms with van der Waals surface area (Å²) in [6.07, 6.45) is 0.840. The molecule has 2 aliphatic rings. The Morgan fingerprint density at radius 3 is 2.86 bits per heavy atom. The third kappa shape index (κ3) is 2.67. The summed E-state index contributed by atoms with van der Waals surface area (Å²) >= 11 is 0. The zero-order valence-electron chi connectivity index (χ0n) is 11.5. The van der Waals surface area contributed by atoms with E-state index in [1.165, 1.54) is 0 Å². The number of hydrogen-bond donors (Lipinski definition) is 3. The number of carbonyl (C=O) groups is 3. The van der Waals surface area contributed by atoms with E-state index in [2.05, 4.69) is 16.0 Å². The number of carbonyl (C=O) groups excluding carboxylic acids is 3. The molecule has 1 saturated heterocycles. The second-order valence-corrected chi connectivity index (χ2v) is 5.17. The second-order valence-electron chi connectivity index (χ2n) is 5.17. The lowest BCUT2D eigenvalue weighted by atomic mass is 10.1. The van der Waals surface area contributed by atoms with Gasteiger partial charge in [-0.1, -0.05) is 0 Å². The van der Waals surface area contributed by atoms with E-state index < -0.39 is 6.04 Å². The summed E-state index contributed by atoms with van der Waals surface area (Å²) in [7, 11) is 0. The first kappa shape index (κ1) is 13.4. The van der Waals surface area contributed by atoms with Gasteiger partial charge in [-0.2, -0.15) is 0 Å². The van der Waals surface area contributed by atoms with Gasteiger partial charge < -0.3 is 20.7 Å². The largest absolute Gasteiger partial charge is 0.479 e. The lowest BCUT2D eigenvalue weighted by molar-refractivity contribution is -0.122. The summed E-state index contributed by atoms with van der Waals surface area (Å²) in [5, 5.41) is 8.08. The Balaban J connectivity index is 1.83. The van der Waals surface area contributed by atoms with Gasteiger partial charge in [0.2, 0.25) is 11.8 Å². The molecule has 3 N–H and O–H groups in total. The summed E-state index contributed by atoms with van der Waals surface area (Å²) < 4.78 is 5.39. The molecule has 0 aliphatic carbocycles. The molecule has 0 spiro atoms. The number of rotatable bonds is 2. The fraction of sp³-hybridized carbons (Fsp3) is 0.357. The van der Waals surface area contributed by atoms with Gasteiger partial charge in [-0.15, -0.1) is 0 Å². The standard InChI is InChI=1S/C14H15N3O4/c1-7-4-9-13(21-6-12(19)16-9)10(5-7)17-14(20)8-2-3-11(18)15-8/h4-5,8H,2-3,6H2,1H3,(H,15,18)(H,16,19)(H,17,20). The number of aryl methyl sites for hydroxylation is 1. The highest BCUT2D eigenvalue weighted by Gasteiger charge is 2.28. The van der Waals surface area contributed by atoms with Crippen LogP contribution in [0.15, 0.2) is 12.1 Å². The van der Waals surface area contributed by atoms with Crippen LogP contribution in [0.1, 0.15) is 18.4 Å². The van der Waals surface area contributed by atoms with Crippen LogP contribution >= 0.6 is 0 Å². The van der Waals surface area contributed by atoms with Crippen LogP contribution in [0.2, 0.25) is 0 Å². The lowest BCUT2D eigenvalue weighted by Gasteiger charge is -2.22. The first-order valence-electron chi connectivity index (χ1n) is 6.70. The van der Waals surface area contributed by atoms with E-state index in [0.29, 0.717) is 30.0 Å². The Hall–Kier alpha value is -2.57. The molecule has 110 valence electrons. The van der Waals surface area contributed by atoms with E-state index in [9.17, 15) is 14.4 Å². The summed E-state index contributed by atoms with van der Waals surface area (Å²) in [5.74, 6) is -0.189. The van der Waals surface area contributed by atoms with Gasteiger partial charge in [-0.25, -0.2) is 0 Å². The molecule has 3 amide bonds. The number of amides is 3. The van der Waals surface area contributed by atoms with Crippen molar-refractivity contribution in [2.24, 2.45) is 0 Å². The Bertz CT molecular complexity index is 641. The van der Waals surface area contributed by atoms with E-state index in [1.807, 2.05) is 6.92 Å². The van der Waals surface area contributed by atoms with Crippen LogP contribution < -0.4 is 20.7 Å². The Morgan fingerprint density at radius 2 is 2.14 bits per heavy atom. The molecule has 1 aromatic carbocycles. The highest BCUT2D eigenvalue weighted by atomic mass is 16.5. The zero-order valence-corrected chi connectivity index (χ0v) is 11.5. The van der Waals surface area contributed by atoms with Crippen molar-refractivity contribution in [2.75, 3.05) is 17.2 Å². The number of anilines is 2. The van der Waals surface area contributed by atoms with Crippen molar-refractivity contribution in [3.8, 4) is 5.75 Å². The quantitative estimate of drug-likeness (QED) is 0.740. The lowest BCUT2D eigenvalue weighted by Crippen LogP contribution is -2.37. The normalized spacial score (nSPS) is 20.1. The SMILES string of the molecule is Cc1cc2c(c(NC(=O)C3CCC(=O)N3)c1)OCC(=O)N2. The molecule has 21 heavy (non-hydrogen) atoms. The van der Waals surface area contributed by atoms with E-state index in [4.69, 9.17) is 4.74 Å². The molecule has 1 fully saturated rings. The van der Waals surface area contributed by atoms with Crippen LogP contribution in [0.25, 0.3) is 0 Å². The van der Waals surface area contributed by atoms with Gasteiger partial charge in [0.05, 0.1) is 11.4 Å². The first-order valence-corrected chi connectivity index (χ1v) is 6.70. The van der Waals surface area contributed by atoms with Crippen LogP contribution in [0.3, 0.4) is 0 Å². The maximum atomic E-state index is 12.2. The minimum absolute atomic E-state index is 0.0842. The molecule has 1 aromatic rings. The average Bonchev–Trinajstić information content (AvgIpc) is 2.84. The molecule has 2 heterocycles. The van der Waals surface area contributed by atoms with Gasteiger partial charge in [0.25, 0.3) is 5.91 Å². The smallest absolute Gasteiger partial charge is 0.262 e. The molecule has 2 aliphatic heterocycles. The van der Waals surface area contributed by atoms with Gasteiger partial charge in [0, 0.05) is 6.42 Å². The van der Waals surface area contributed by atoms with Crippen molar-refractivity contribution in [3.63, 3.8) is 0 Å². The van der Waals surface area contributed by atoms with Crippen molar-refractivity contribution in [1.82, 2.24) is 5.32 Å². The topological polar surface area (TPSA) is 96.5 Å². The van der Waals surface area contributed by atoms with Gasteiger partial charge in [-0.05, 0) is 31.0 Å². The van der Waals surface area contributed by atoms with Crippen molar-refractivity contribution in [3.05, 3.63) is 17.7 Å². The maximum absolute atomic E-state index is 12.2. The molecule has 7 heteroatoms. The highest BCUT2D eigenvalue weighted by molar-refractivity contribution is 6.03. The summed E-state index contributed by atoms with van der Waals surface area (Å²) in [6.45, 7) is 1.77. The van der Waals surface area contributed by atoms with Crippen LogP contribution in [0.4, 0.5) is 11.4 Å². The van der Waals surface area contributed by atoms with E-state index >= 15 is 0 Å². The Labute approximate surface area is 121 Å². The minimum Gasteiger partial charge on any atom is -0.479 e. The molecule has 1 atom stereocenters. The fourth-order valence-corrected chi connectivity index (χ4v) is 2.47. The van der Waals surface area contributed by atoms with Crippen molar-refractivity contribution in [2.45, 2.75) is 25.8 Å². The minimum atomic E-state index is -0.521. The number of fused-ring (bicyclic) bond motifs is 1. The molecule has 0 saturated carbocycles. The van der Waals surface area contributed by atoms with Crippen LogP contribution in [0.5, 0.6) is 5.75 Å². The van der Waals surface area contributed by atoms with Crippen molar-refractivity contribution < 1.29 is 19.1 Å². The van der Waals surface area contributed by atoms with E-state index in [1.54, 1.807) is 12.1 Å². The fourth-order valence-electron chi connectivity index (χ4n) is 2.47. The van der Waals surface area contributed by atoms with Gasteiger partial charge in [-0.3, -0.25) is 14.4 Å². The molecule has 0 aromatic heterocycles. The number of hydrogen-bond acceptors (Lipinski definition) is 4. The number of nitrogens with one attached hydrogen (secondary N) is 3. The van der Waals surface area contributed by atoms with Crippen molar-refractivity contribution in [1.29, 1.82) is 0 Å². The Kier molecular flexibility index (Phi) is 3.25. The summed E-state index contributed by atoms with van der Waals surface area (Å²) in [4.78, 5) is 34.7. The highest BCUT2D eigenvalue weighted by Crippen LogP contribution is 2.37. The third-order valence-corrected chi connectivity index (χ3v) is 3.42. The van der Waals surface area contributed by atoms with Crippen LogP contribution in [-0.2, 0) is 14.4 Å². The predicted octanol–water partition coefficient (Wildman–Crippen LogP) is 0.543. The molecule has 0 radical (unpaired) electrons. The molecular formula is C14H15N3O4. The molecule has 3 rings (SSSR count). The summed E-state index contributed by atoms with van der Waals surface area (Å²) in [6, 6.07) is 3.02.